The van der Waals surface area contributed by atoms with Gasteiger partial charge in [-0.1, -0.05) is 0 Å². The maximum atomic E-state index is 5.43. The summed E-state index contributed by atoms with van der Waals surface area (Å²) in [6, 6.07) is 15.1. The molecule has 0 unspecified atom stereocenters. The summed E-state index contributed by atoms with van der Waals surface area (Å²) in [7, 11) is 1.63. The third kappa shape index (κ3) is 4.57. The van der Waals surface area contributed by atoms with Crippen LogP contribution in [0.1, 0.15) is 6.92 Å². The highest BCUT2D eigenvalue weighted by molar-refractivity contribution is 5.59. The topological polar surface area (TPSA) is 81.2 Å². The molecule has 2 N–H and O–H groups in total. The summed E-state index contributed by atoms with van der Waals surface area (Å²) in [6.07, 6.45) is 1.57. The van der Waals surface area contributed by atoms with Gasteiger partial charge in [-0.2, -0.15) is 10.1 Å². The van der Waals surface area contributed by atoms with Crippen LogP contribution in [0.4, 0.5) is 23.1 Å². The number of hydrogen-bond donors (Lipinski definition) is 2. The standard InChI is InChI=1S/C18H19N5O2/c1-3-25-16-10-6-13(7-11-16)20-17-12-19-23-18(22-17)21-14-4-8-15(24-2)9-5-14/h4-12H,3H2,1-2H3,(H2,20,21,22,23). The zero-order valence-electron chi connectivity index (χ0n) is 14.1. The fourth-order valence-electron chi connectivity index (χ4n) is 2.17. The minimum absolute atomic E-state index is 0.404. The van der Waals surface area contributed by atoms with Gasteiger partial charge in [0.2, 0.25) is 5.95 Å². The molecule has 0 fully saturated rings. The highest BCUT2D eigenvalue weighted by Gasteiger charge is 2.03. The predicted octanol–water partition coefficient (Wildman–Crippen LogP) is 3.77. The molecule has 0 aliphatic rings. The normalized spacial score (nSPS) is 10.2. The maximum absolute atomic E-state index is 5.43. The minimum Gasteiger partial charge on any atom is -0.497 e. The van der Waals surface area contributed by atoms with Gasteiger partial charge in [0, 0.05) is 11.4 Å². The molecule has 3 aromatic rings. The summed E-state index contributed by atoms with van der Waals surface area (Å²) in [4.78, 5) is 4.41. The van der Waals surface area contributed by atoms with E-state index in [0.717, 1.165) is 22.9 Å². The van der Waals surface area contributed by atoms with Crippen molar-refractivity contribution in [2.75, 3.05) is 24.4 Å². The van der Waals surface area contributed by atoms with Gasteiger partial charge in [0.05, 0.1) is 19.9 Å². The number of nitrogens with one attached hydrogen (secondary N) is 2. The molecule has 0 saturated carbocycles. The molecule has 0 bridgehead atoms. The molecule has 3 rings (SSSR count). The van der Waals surface area contributed by atoms with E-state index < -0.39 is 0 Å². The van der Waals surface area contributed by atoms with Gasteiger partial charge in [0.1, 0.15) is 11.5 Å². The molecule has 1 aromatic heterocycles. The largest absolute Gasteiger partial charge is 0.497 e. The molecule has 7 nitrogen and oxygen atoms in total. The Morgan fingerprint density at radius 1 is 0.880 bits per heavy atom. The van der Waals surface area contributed by atoms with Crippen LogP contribution in [0, 0.1) is 0 Å². The Morgan fingerprint density at radius 2 is 1.52 bits per heavy atom. The van der Waals surface area contributed by atoms with E-state index in [1.165, 1.54) is 0 Å². The van der Waals surface area contributed by atoms with Gasteiger partial charge in [-0.05, 0) is 55.5 Å². The first kappa shape index (κ1) is 16.5. The summed E-state index contributed by atoms with van der Waals surface area (Å²) in [5, 5.41) is 14.3. The number of aromatic nitrogens is 3. The predicted molar refractivity (Wildman–Crippen MR) is 97.0 cm³/mol. The summed E-state index contributed by atoms with van der Waals surface area (Å²) >= 11 is 0. The van der Waals surface area contributed by atoms with Crippen LogP contribution in [-0.4, -0.2) is 28.9 Å². The van der Waals surface area contributed by atoms with Crippen molar-refractivity contribution < 1.29 is 9.47 Å². The van der Waals surface area contributed by atoms with Crippen molar-refractivity contribution in [2.45, 2.75) is 6.92 Å². The zero-order chi connectivity index (χ0) is 17.5. The molecule has 0 amide bonds. The van der Waals surface area contributed by atoms with E-state index in [2.05, 4.69) is 25.8 Å². The van der Waals surface area contributed by atoms with Gasteiger partial charge in [-0.3, -0.25) is 0 Å². The number of hydrogen-bond acceptors (Lipinski definition) is 7. The Kier molecular flexibility index (Phi) is 5.26. The van der Waals surface area contributed by atoms with Crippen molar-refractivity contribution in [1.82, 2.24) is 15.2 Å². The van der Waals surface area contributed by atoms with Crippen LogP contribution in [0.3, 0.4) is 0 Å². The molecule has 2 aromatic carbocycles. The first-order chi connectivity index (χ1) is 12.3. The smallest absolute Gasteiger partial charge is 0.249 e. The van der Waals surface area contributed by atoms with Crippen molar-refractivity contribution in [3.05, 3.63) is 54.7 Å². The number of ether oxygens (including phenoxy) is 2. The lowest BCUT2D eigenvalue weighted by molar-refractivity contribution is 0.340. The van der Waals surface area contributed by atoms with Crippen LogP contribution < -0.4 is 20.1 Å². The van der Waals surface area contributed by atoms with Crippen LogP contribution in [-0.2, 0) is 0 Å². The van der Waals surface area contributed by atoms with E-state index in [9.17, 15) is 0 Å². The second-order valence-electron chi connectivity index (χ2n) is 5.10. The van der Waals surface area contributed by atoms with Crippen LogP contribution in [0.5, 0.6) is 11.5 Å². The third-order valence-electron chi connectivity index (χ3n) is 3.34. The lowest BCUT2D eigenvalue weighted by Crippen LogP contribution is -2.02. The Morgan fingerprint density at radius 3 is 2.16 bits per heavy atom. The molecule has 7 heteroatoms. The average Bonchev–Trinajstić information content (AvgIpc) is 2.65. The van der Waals surface area contributed by atoms with Gasteiger partial charge in [0.25, 0.3) is 0 Å². The molecule has 0 aliphatic carbocycles. The minimum atomic E-state index is 0.404. The van der Waals surface area contributed by atoms with E-state index in [1.54, 1.807) is 13.3 Å². The van der Waals surface area contributed by atoms with Crippen LogP contribution in [0.25, 0.3) is 0 Å². The number of rotatable bonds is 7. The van der Waals surface area contributed by atoms with Crippen molar-refractivity contribution >= 4 is 23.1 Å². The fourth-order valence-corrected chi connectivity index (χ4v) is 2.17. The lowest BCUT2D eigenvalue weighted by atomic mass is 10.3. The van der Waals surface area contributed by atoms with Crippen molar-refractivity contribution in [2.24, 2.45) is 0 Å². The molecule has 0 saturated heterocycles. The number of benzene rings is 2. The van der Waals surface area contributed by atoms with Gasteiger partial charge >= 0.3 is 0 Å². The van der Waals surface area contributed by atoms with E-state index in [1.807, 2.05) is 55.5 Å². The molecule has 0 atom stereocenters. The Balaban J connectivity index is 1.68. The summed E-state index contributed by atoms with van der Waals surface area (Å²) < 4.78 is 10.6. The van der Waals surface area contributed by atoms with Gasteiger partial charge < -0.3 is 20.1 Å². The van der Waals surface area contributed by atoms with Gasteiger partial charge in [-0.15, -0.1) is 5.10 Å². The summed E-state index contributed by atoms with van der Waals surface area (Å²) in [5.41, 5.74) is 1.74. The Bertz CT molecular complexity index is 806. The summed E-state index contributed by atoms with van der Waals surface area (Å²) in [6.45, 7) is 2.60. The number of methoxy groups -OCH3 is 1. The Labute approximate surface area is 146 Å². The second-order valence-corrected chi connectivity index (χ2v) is 5.10. The van der Waals surface area contributed by atoms with Crippen LogP contribution in [0.2, 0.25) is 0 Å². The number of anilines is 4. The third-order valence-corrected chi connectivity index (χ3v) is 3.34. The molecule has 25 heavy (non-hydrogen) atoms. The first-order valence-electron chi connectivity index (χ1n) is 7.87. The van der Waals surface area contributed by atoms with E-state index in [4.69, 9.17) is 9.47 Å². The van der Waals surface area contributed by atoms with Crippen molar-refractivity contribution in [3.8, 4) is 11.5 Å². The quantitative estimate of drug-likeness (QED) is 0.679. The molecule has 0 spiro atoms. The SMILES string of the molecule is CCOc1ccc(Nc2cnnc(Nc3ccc(OC)cc3)n2)cc1. The molecule has 0 radical (unpaired) electrons. The average molecular weight is 337 g/mol. The van der Waals surface area contributed by atoms with E-state index in [0.29, 0.717) is 18.4 Å². The van der Waals surface area contributed by atoms with E-state index in [-0.39, 0.29) is 0 Å². The van der Waals surface area contributed by atoms with Crippen molar-refractivity contribution in [3.63, 3.8) is 0 Å². The van der Waals surface area contributed by atoms with E-state index >= 15 is 0 Å². The molecule has 0 aliphatic heterocycles. The first-order valence-corrected chi connectivity index (χ1v) is 7.87. The van der Waals surface area contributed by atoms with Gasteiger partial charge in [-0.25, -0.2) is 0 Å². The zero-order valence-corrected chi connectivity index (χ0v) is 14.1. The monoisotopic (exact) mass is 337 g/mol. The van der Waals surface area contributed by atoms with Crippen LogP contribution >= 0.6 is 0 Å². The summed E-state index contributed by atoms with van der Waals surface area (Å²) in [5.74, 6) is 2.61. The highest BCUT2D eigenvalue weighted by atomic mass is 16.5. The lowest BCUT2D eigenvalue weighted by Gasteiger charge is -2.09. The molecule has 128 valence electrons. The van der Waals surface area contributed by atoms with Crippen LogP contribution in [0.15, 0.2) is 54.7 Å². The second kappa shape index (κ2) is 7.96. The molecular formula is C18H19N5O2. The maximum Gasteiger partial charge on any atom is 0.249 e. The fraction of sp³-hybridized carbons (Fsp3) is 0.167. The molecular weight excluding hydrogens is 318 g/mol. The molecule has 1 heterocycles. The number of nitrogens with zero attached hydrogens (tertiary/aromatic N) is 3. The Hall–Kier alpha value is -3.35. The highest BCUT2D eigenvalue weighted by Crippen LogP contribution is 2.21. The van der Waals surface area contributed by atoms with Crippen molar-refractivity contribution in [1.29, 1.82) is 0 Å². The van der Waals surface area contributed by atoms with Gasteiger partial charge in [0.15, 0.2) is 5.82 Å².